The molecule has 0 bridgehead atoms. The highest BCUT2D eigenvalue weighted by atomic mass is 32.1. The molecule has 0 aliphatic rings. The largest absolute Gasteiger partial charge is 0.365 e. The summed E-state index contributed by atoms with van der Waals surface area (Å²) in [5.41, 5.74) is 8.54. The highest BCUT2D eigenvalue weighted by Crippen LogP contribution is 2.30. The zero-order valence-corrected chi connectivity index (χ0v) is 19.9. The number of hydrogen-bond donors (Lipinski definition) is 3. The molecule has 3 amide bonds. The van der Waals surface area contributed by atoms with Gasteiger partial charge in [-0.2, -0.15) is 0 Å². The Kier molecular flexibility index (Phi) is 6.01. The maximum atomic E-state index is 12.9. The summed E-state index contributed by atoms with van der Waals surface area (Å²) < 4.78 is 0. The number of nitrogens with zero attached hydrogens (tertiary/aromatic N) is 3. The maximum Gasteiger partial charge on any atom is 0.276 e. The van der Waals surface area contributed by atoms with E-state index in [-0.39, 0.29) is 23.0 Å². The van der Waals surface area contributed by atoms with Crippen molar-refractivity contribution in [3.8, 4) is 10.6 Å². The van der Waals surface area contributed by atoms with E-state index in [2.05, 4.69) is 20.3 Å². The molecule has 5 rings (SSSR count). The van der Waals surface area contributed by atoms with Crippen molar-refractivity contribution in [2.24, 2.45) is 5.73 Å². The molecule has 0 aliphatic carbocycles. The lowest BCUT2D eigenvalue weighted by atomic mass is 10.1. The quantitative estimate of drug-likeness (QED) is 0.322. The van der Waals surface area contributed by atoms with Crippen LogP contribution in [-0.2, 0) is 0 Å². The Morgan fingerprint density at radius 1 is 1.03 bits per heavy atom. The van der Waals surface area contributed by atoms with Crippen molar-refractivity contribution in [1.29, 1.82) is 0 Å². The number of thiazole rings is 1. The molecule has 0 atom stereocenters. The Balaban J connectivity index is 1.44. The van der Waals surface area contributed by atoms with Gasteiger partial charge >= 0.3 is 0 Å². The fraction of sp³-hybridized carbons (Fsp3) is 0.0385. The van der Waals surface area contributed by atoms with Gasteiger partial charge in [0.15, 0.2) is 0 Å². The Morgan fingerprint density at radius 3 is 2.50 bits per heavy atom. The highest BCUT2D eigenvalue weighted by molar-refractivity contribution is 7.13. The first-order valence-electron chi connectivity index (χ1n) is 10.9. The number of H-pyrrole nitrogens is 1. The molecule has 0 spiro atoms. The van der Waals surface area contributed by atoms with Gasteiger partial charge in [-0.25, -0.2) is 4.98 Å². The zero-order valence-electron chi connectivity index (χ0n) is 19.1. The second-order valence-electron chi connectivity index (χ2n) is 7.93. The lowest BCUT2D eigenvalue weighted by Gasteiger charge is -2.17. The number of nitrogens with two attached hydrogens (primary N) is 1. The van der Waals surface area contributed by atoms with Crippen LogP contribution in [0, 0.1) is 0 Å². The van der Waals surface area contributed by atoms with E-state index in [4.69, 9.17) is 5.73 Å². The molecule has 0 fully saturated rings. The minimum absolute atomic E-state index is 0.145. The summed E-state index contributed by atoms with van der Waals surface area (Å²) in [5.74, 6) is -1.21. The third kappa shape index (κ3) is 4.32. The van der Waals surface area contributed by atoms with Crippen LogP contribution >= 0.6 is 11.3 Å². The van der Waals surface area contributed by atoms with E-state index in [1.54, 1.807) is 79.4 Å². The summed E-state index contributed by atoms with van der Waals surface area (Å²) in [7, 11) is 1.67. The van der Waals surface area contributed by atoms with Gasteiger partial charge in [0.1, 0.15) is 16.5 Å². The molecule has 178 valence electrons. The smallest absolute Gasteiger partial charge is 0.276 e. The van der Waals surface area contributed by atoms with Gasteiger partial charge in [0.25, 0.3) is 17.7 Å². The summed E-state index contributed by atoms with van der Waals surface area (Å²) in [5, 5.41) is 5.55. The minimum atomic E-state index is -0.700. The molecule has 2 aromatic carbocycles. The van der Waals surface area contributed by atoms with Crippen LogP contribution in [0.25, 0.3) is 21.5 Å². The van der Waals surface area contributed by atoms with Crippen molar-refractivity contribution >= 4 is 51.5 Å². The van der Waals surface area contributed by atoms with Crippen molar-refractivity contribution in [3.63, 3.8) is 0 Å². The van der Waals surface area contributed by atoms with Gasteiger partial charge in [0, 0.05) is 52.5 Å². The molecular weight excluding hydrogens is 476 g/mol. The van der Waals surface area contributed by atoms with E-state index in [1.807, 2.05) is 6.07 Å². The normalized spacial score (nSPS) is 10.8. The first kappa shape index (κ1) is 22.9. The fourth-order valence-corrected chi connectivity index (χ4v) is 4.62. The van der Waals surface area contributed by atoms with Crippen molar-refractivity contribution in [3.05, 3.63) is 95.3 Å². The fourth-order valence-electron chi connectivity index (χ4n) is 3.82. The summed E-state index contributed by atoms with van der Waals surface area (Å²) in [6.07, 6.45) is 3.30. The van der Waals surface area contributed by atoms with Crippen LogP contribution in [0.2, 0.25) is 0 Å². The predicted octanol–water partition coefficient (Wildman–Crippen LogP) is 4.31. The number of nitrogens with one attached hydrogen (secondary N) is 2. The number of pyridine rings is 1. The molecule has 0 unspecified atom stereocenters. The average molecular weight is 497 g/mol. The van der Waals surface area contributed by atoms with E-state index < -0.39 is 11.8 Å². The second kappa shape index (κ2) is 9.43. The number of aromatic nitrogens is 3. The SMILES string of the molecule is CN(C(=O)c1ccccc1)c1ccc2c(C(N)=O)c(NC(=O)c3csc(-c4ccncc4)n3)[nH]c2c1. The van der Waals surface area contributed by atoms with Gasteiger partial charge in [-0.15, -0.1) is 11.3 Å². The summed E-state index contributed by atoms with van der Waals surface area (Å²) in [6.45, 7) is 0. The van der Waals surface area contributed by atoms with Gasteiger partial charge in [0.05, 0.1) is 5.56 Å². The predicted molar refractivity (Wildman–Crippen MR) is 139 cm³/mol. The lowest BCUT2D eigenvalue weighted by molar-refractivity contribution is 0.0987. The van der Waals surface area contributed by atoms with E-state index >= 15 is 0 Å². The number of carbonyl (C=O) groups is 3. The van der Waals surface area contributed by atoms with E-state index in [1.165, 1.54) is 16.2 Å². The number of amides is 3. The third-order valence-electron chi connectivity index (χ3n) is 5.64. The lowest BCUT2D eigenvalue weighted by Crippen LogP contribution is -2.26. The van der Waals surface area contributed by atoms with E-state index in [0.29, 0.717) is 27.2 Å². The Hall–Kier alpha value is -4.83. The molecule has 3 aromatic heterocycles. The monoisotopic (exact) mass is 496 g/mol. The Bertz CT molecular complexity index is 1590. The molecule has 5 aromatic rings. The molecule has 10 heteroatoms. The van der Waals surface area contributed by atoms with Gasteiger partial charge in [-0.1, -0.05) is 18.2 Å². The van der Waals surface area contributed by atoms with E-state index in [0.717, 1.165) is 5.56 Å². The first-order valence-corrected chi connectivity index (χ1v) is 11.8. The molecule has 9 nitrogen and oxygen atoms in total. The van der Waals surface area contributed by atoms with Crippen molar-refractivity contribution < 1.29 is 14.4 Å². The first-order chi connectivity index (χ1) is 17.4. The molecule has 36 heavy (non-hydrogen) atoms. The molecule has 4 N–H and O–H groups in total. The van der Waals surface area contributed by atoms with Crippen molar-refractivity contribution in [1.82, 2.24) is 15.0 Å². The molecule has 0 saturated heterocycles. The van der Waals surface area contributed by atoms with Gasteiger partial charge in [0.2, 0.25) is 0 Å². The minimum Gasteiger partial charge on any atom is -0.365 e. The van der Waals surface area contributed by atoms with Gasteiger partial charge in [-0.05, 0) is 42.5 Å². The second-order valence-corrected chi connectivity index (χ2v) is 8.79. The Morgan fingerprint density at radius 2 is 1.78 bits per heavy atom. The maximum absolute atomic E-state index is 12.9. The number of primary amides is 1. The average Bonchev–Trinajstić information content (AvgIpc) is 3.53. The summed E-state index contributed by atoms with van der Waals surface area (Å²) in [6, 6.07) is 17.7. The number of anilines is 2. The summed E-state index contributed by atoms with van der Waals surface area (Å²) >= 11 is 1.32. The topological polar surface area (TPSA) is 134 Å². The van der Waals surface area contributed by atoms with Crippen LogP contribution in [0.15, 0.2) is 78.4 Å². The molecule has 0 radical (unpaired) electrons. The van der Waals surface area contributed by atoms with Gasteiger partial charge in [-0.3, -0.25) is 19.4 Å². The summed E-state index contributed by atoms with van der Waals surface area (Å²) in [4.78, 5) is 51.0. The van der Waals surface area contributed by atoms with Crippen LogP contribution in [0.4, 0.5) is 11.5 Å². The van der Waals surface area contributed by atoms with Crippen molar-refractivity contribution in [2.45, 2.75) is 0 Å². The number of benzene rings is 2. The van der Waals surface area contributed by atoms with Crippen LogP contribution in [0.3, 0.4) is 0 Å². The highest BCUT2D eigenvalue weighted by Gasteiger charge is 2.22. The van der Waals surface area contributed by atoms with Crippen molar-refractivity contribution in [2.75, 3.05) is 17.3 Å². The number of hydrogen-bond acceptors (Lipinski definition) is 6. The molecule has 0 saturated carbocycles. The number of carbonyl (C=O) groups excluding carboxylic acids is 3. The standard InChI is InChI=1S/C26H20N6O3S/c1-32(26(35)16-5-3-2-4-6-16)17-7-8-18-19(13-17)29-23(21(18)22(27)33)31-24(34)20-14-36-25(30-20)15-9-11-28-12-10-15/h2-14,29H,1H3,(H2,27,33)(H,31,34). The van der Waals surface area contributed by atoms with Crippen LogP contribution < -0.4 is 16.0 Å². The van der Waals surface area contributed by atoms with Crippen LogP contribution in [0.1, 0.15) is 31.2 Å². The number of fused-ring (bicyclic) bond motifs is 1. The Labute approximate surface area is 209 Å². The van der Waals surface area contributed by atoms with E-state index in [9.17, 15) is 14.4 Å². The molecular formula is C26H20N6O3S. The third-order valence-corrected chi connectivity index (χ3v) is 6.54. The number of rotatable bonds is 6. The molecule has 3 heterocycles. The zero-order chi connectivity index (χ0) is 25.2. The van der Waals surface area contributed by atoms with Crippen LogP contribution in [-0.4, -0.2) is 39.7 Å². The van der Waals surface area contributed by atoms with Gasteiger partial charge < -0.3 is 20.9 Å². The molecule has 0 aliphatic heterocycles. The van der Waals surface area contributed by atoms with Crippen LogP contribution in [0.5, 0.6) is 0 Å². The number of aromatic amines is 1.